The molecule has 0 rings (SSSR count). The molecule has 0 heterocycles. The zero-order valence-corrected chi connectivity index (χ0v) is 13.3. The van der Waals surface area contributed by atoms with E-state index in [0.29, 0.717) is 12.2 Å². The first kappa shape index (κ1) is 18.2. The topological polar surface area (TPSA) is 26.3 Å². The van der Waals surface area contributed by atoms with Gasteiger partial charge in [-0.05, 0) is 19.8 Å². The molecule has 3 heteroatoms. The number of carbonyl (C=O) groups excluding carboxylic acids is 1. The van der Waals surface area contributed by atoms with Crippen molar-refractivity contribution in [3.05, 3.63) is 12.2 Å². The Labute approximate surface area is 119 Å². The fourth-order valence-electron chi connectivity index (χ4n) is 1.94. The third-order valence-corrected chi connectivity index (χ3v) is 3.40. The van der Waals surface area contributed by atoms with E-state index in [1.807, 2.05) is 0 Å². The largest absolute Gasteiger partial charge is 0.456 e. The molecule has 0 aromatic carbocycles. The van der Waals surface area contributed by atoms with Gasteiger partial charge in [-0.1, -0.05) is 39.2 Å². The minimum absolute atomic E-state index is 0.278. The van der Waals surface area contributed by atoms with Gasteiger partial charge in [0.15, 0.2) is 0 Å². The summed E-state index contributed by atoms with van der Waals surface area (Å²) < 4.78 is 6.06. The number of hydrogen-bond donors (Lipinski definition) is 0. The van der Waals surface area contributed by atoms with Crippen molar-refractivity contribution in [3.8, 4) is 0 Å². The van der Waals surface area contributed by atoms with E-state index in [2.05, 4.69) is 27.6 Å². The molecule has 0 amide bonds. The molecule has 0 aliphatic heterocycles. The molecule has 0 bridgehead atoms. The van der Waals surface area contributed by atoms with Gasteiger partial charge in [0.1, 0.15) is 13.2 Å². The fourth-order valence-corrected chi connectivity index (χ4v) is 1.94. The monoisotopic (exact) mass is 270 g/mol. The summed E-state index contributed by atoms with van der Waals surface area (Å²) in [6, 6.07) is 0. The van der Waals surface area contributed by atoms with Crippen molar-refractivity contribution in [2.45, 2.75) is 52.4 Å². The maximum absolute atomic E-state index is 11.3. The van der Waals surface area contributed by atoms with Crippen molar-refractivity contribution >= 4 is 5.97 Å². The summed E-state index contributed by atoms with van der Waals surface area (Å²) in [6.07, 6.45) is 7.93. The molecule has 0 unspecified atom stereocenters. The lowest BCUT2D eigenvalue weighted by molar-refractivity contribution is -0.890. The van der Waals surface area contributed by atoms with Crippen LogP contribution in [0.5, 0.6) is 0 Å². The van der Waals surface area contributed by atoms with Crippen molar-refractivity contribution < 1.29 is 14.0 Å². The van der Waals surface area contributed by atoms with Crippen LogP contribution in [-0.4, -0.2) is 44.2 Å². The summed E-state index contributed by atoms with van der Waals surface area (Å²) in [6.45, 7) is 10.00. The van der Waals surface area contributed by atoms with Crippen LogP contribution in [0.3, 0.4) is 0 Å². The molecule has 0 spiro atoms. The van der Waals surface area contributed by atoms with Crippen LogP contribution in [0, 0.1) is 0 Å². The molecule has 0 saturated heterocycles. The lowest BCUT2D eigenvalue weighted by Crippen LogP contribution is -2.43. The van der Waals surface area contributed by atoms with Gasteiger partial charge in [-0.25, -0.2) is 4.79 Å². The van der Waals surface area contributed by atoms with Crippen molar-refractivity contribution in [2.75, 3.05) is 33.8 Å². The minimum atomic E-state index is -0.278. The van der Waals surface area contributed by atoms with Gasteiger partial charge in [0, 0.05) is 5.57 Å². The van der Waals surface area contributed by atoms with Crippen molar-refractivity contribution in [1.82, 2.24) is 0 Å². The maximum Gasteiger partial charge on any atom is 0.333 e. The number of carbonyl (C=O) groups is 1. The van der Waals surface area contributed by atoms with Crippen LogP contribution >= 0.6 is 0 Å². The van der Waals surface area contributed by atoms with E-state index in [1.165, 1.54) is 38.5 Å². The number of hydrogen-bond acceptors (Lipinski definition) is 2. The molecule has 0 aromatic rings. The summed E-state index contributed by atoms with van der Waals surface area (Å²) in [7, 11) is 4.39. The van der Waals surface area contributed by atoms with Crippen LogP contribution in [-0.2, 0) is 9.53 Å². The molecule has 0 atom stereocenters. The highest BCUT2D eigenvalue weighted by molar-refractivity contribution is 5.86. The first-order valence-corrected chi connectivity index (χ1v) is 7.53. The van der Waals surface area contributed by atoms with E-state index in [-0.39, 0.29) is 5.97 Å². The number of likely N-dealkylation sites (N-methyl/N-ethyl adjacent to an activating group) is 1. The van der Waals surface area contributed by atoms with E-state index in [0.717, 1.165) is 17.6 Å². The van der Waals surface area contributed by atoms with Crippen molar-refractivity contribution in [3.63, 3.8) is 0 Å². The van der Waals surface area contributed by atoms with Crippen LogP contribution in [0.25, 0.3) is 0 Å². The molecule has 0 aliphatic rings. The quantitative estimate of drug-likeness (QED) is 0.248. The molecule has 0 N–H and O–H groups in total. The predicted octanol–water partition coefficient (Wildman–Crippen LogP) is 3.54. The van der Waals surface area contributed by atoms with Crippen LogP contribution < -0.4 is 0 Å². The van der Waals surface area contributed by atoms with Gasteiger partial charge < -0.3 is 9.22 Å². The molecule has 0 fully saturated rings. The molecule has 3 nitrogen and oxygen atoms in total. The summed E-state index contributed by atoms with van der Waals surface area (Å²) in [5.41, 5.74) is 0.473. The zero-order chi connectivity index (χ0) is 14.7. The number of rotatable bonds is 11. The first-order chi connectivity index (χ1) is 8.89. The molecule has 0 radical (unpaired) electrons. The van der Waals surface area contributed by atoms with Gasteiger partial charge in [-0.3, -0.25) is 0 Å². The number of ether oxygens (including phenoxy) is 1. The average molecular weight is 270 g/mol. The highest BCUT2D eigenvalue weighted by Gasteiger charge is 2.15. The van der Waals surface area contributed by atoms with Gasteiger partial charge in [0.25, 0.3) is 0 Å². The molecule has 19 heavy (non-hydrogen) atoms. The second kappa shape index (κ2) is 10.0. The minimum Gasteiger partial charge on any atom is -0.456 e. The van der Waals surface area contributed by atoms with Gasteiger partial charge >= 0.3 is 5.97 Å². The summed E-state index contributed by atoms with van der Waals surface area (Å²) in [5, 5.41) is 0. The SMILES string of the molecule is C=C(C)C(=O)OCC[N+](C)(C)CCCCCCCC. The molecule has 112 valence electrons. The maximum atomic E-state index is 11.3. The number of nitrogens with zero attached hydrogens (tertiary/aromatic N) is 1. The van der Waals surface area contributed by atoms with E-state index in [4.69, 9.17) is 4.74 Å². The molecular weight excluding hydrogens is 238 g/mol. The summed E-state index contributed by atoms with van der Waals surface area (Å²) >= 11 is 0. The second-order valence-electron chi connectivity index (χ2n) is 6.07. The lowest BCUT2D eigenvalue weighted by Gasteiger charge is -2.29. The standard InChI is InChI=1S/C16H32NO2/c1-6-7-8-9-10-11-12-17(4,5)13-14-19-16(18)15(2)3/h2,6-14H2,1,3-5H3/q+1. The highest BCUT2D eigenvalue weighted by Crippen LogP contribution is 2.08. The van der Waals surface area contributed by atoms with Crippen molar-refractivity contribution in [1.29, 1.82) is 0 Å². The number of unbranched alkanes of at least 4 members (excludes halogenated alkanes) is 5. The Morgan fingerprint density at radius 2 is 1.63 bits per heavy atom. The van der Waals surface area contributed by atoms with Crippen LogP contribution in [0.2, 0.25) is 0 Å². The third-order valence-electron chi connectivity index (χ3n) is 3.40. The van der Waals surface area contributed by atoms with Crippen LogP contribution in [0.4, 0.5) is 0 Å². The Balaban J connectivity index is 3.62. The zero-order valence-electron chi connectivity index (χ0n) is 13.3. The lowest BCUT2D eigenvalue weighted by atomic mass is 10.1. The Morgan fingerprint density at radius 1 is 1.05 bits per heavy atom. The fraction of sp³-hybridized carbons (Fsp3) is 0.812. The van der Waals surface area contributed by atoms with Crippen LogP contribution in [0.1, 0.15) is 52.4 Å². The van der Waals surface area contributed by atoms with E-state index in [9.17, 15) is 4.79 Å². The van der Waals surface area contributed by atoms with Gasteiger partial charge in [0.05, 0.1) is 20.6 Å². The van der Waals surface area contributed by atoms with Crippen LogP contribution in [0.15, 0.2) is 12.2 Å². The average Bonchev–Trinajstić information content (AvgIpc) is 2.33. The second-order valence-corrected chi connectivity index (χ2v) is 6.07. The van der Waals surface area contributed by atoms with Gasteiger partial charge in [-0.15, -0.1) is 0 Å². The molecular formula is C16H32NO2+. The smallest absolute Gasteiger partial charge is 0.333 e. The highest BCUT2D eigenvalue weighted by atomic mass is 16.5. The van der Waals surface area contributed by atoms with Crippen molar-refractivity contribution in [2.24, 2.45) is 0 Å². The van der Waals surface area contributed by atoms with E-state index in [1.54, 1.807) is 6.92 Å². The number of esters is 1. The Morgan fingerprint density at radius 3 is 2.21 bits per heavy atom. The summed E-state index contributed by atoms with van der Waals surface area (Å²) in [5.74, 6) is -0.278. The third kappa shape index (κ3) is 10.8. The molecule has 0 saturated carbocycles. The first-order valence-electron chi connectivity index (χ1n) is 7.53. The Kier molecular flexibility index (Phi) is 9.58. The van der Waals surface area contributed by atoms with E-state index < -0.39 is 0 Å². The molecule has 0 aliphatic carbocycles. The van der Waals surface area contributed by atoms with Gasteiger partial charge in [-0.2, -0.15) is 0 Å². The summed E-state index contributed by atoms with van der Waals surface area (Å²) in [4.78, 5) is 11.3. The Hall–Kier alpha value is -0.830. The predicted molar refractivity (Wildman–Crippen MR) is 81.0 cm³/mol. The Bertz CT molecular complexity index is 272. The van der Waals surface area contributed by atoms with Gasteiger partial charge in [0.2, 0.25) is 0 Å². The normalized spacial score (nSPS) is 11.4. The number of quaternary nitrogens is 1. The van der Waals surface area contributed by atoms with E-state index >= 15 is 0 Å². The molecule has 0 aromatic heterocycles.